The van der Waals surface area contributed by atoms with Gasteiger partial charge < -0.3 is 15.3 Å². The minimum Gasteiger partial charge on any atom is -0.862 e. The molecular formula is C15H27KN2O4. The number of allylic oxidation sites excluding steroid dienone is 2. The maximum atomic E-state index is 11.6. The summed E-state index contributed by atoms with van der Waals surface area (Å²) in [6.07, 6.45) is 6.54. The predicted molar refractivity (Wildman–Crippen MR) is 81.1 cm³/mol. The summed E-state index contributed by atoms with van der Waals surface area (Å²) < 4.78 is 0. The molecule has 7 heteroatoms. The van der Waals surface area contributed by atoms with Crippen molar-refractivity contribution in [2.24, 2.45) is 4.99 Å². The van der Waals surface area contributed by atoms with E-state index in [1.54, 1.807) is 11.8 Å². The largest absolute Gasteiger partial charge is 1.00 e. The Morgan fingerprint density at radius 1 is 1.36 bits per heavy atom. The van der Waals surface area contributed by atoms with Gasteiger partial charge in [-0.15, -0.1) is 0 Å². The molecule has 0 radical (unpaired) electrons. The van der Waals surface area contributed by atoms with Crippen molar-refractivity contribution in [2.75, 3.05) is 19.8 Å². The molecule has 0 aromatic rings. The Bertz CT molecular complexity index is 346. The third-order valence-electron chi connectivity index (χ3n) is 2.78. The van der Waals surface area contributed by atoms with Gasteiger partial charge in [0.1, 0.15) is 0 Å². The SMILES string of the molecule is CC/C=C/CCCC([O-])=NCN(CCC(=O)O)CC(C)O.[K+]. The fraction of sp³-hybridized carbons (Fsp3) is 0.733. The van der Waals surface area contributed by atoms with Gasteiger partial charge in [-0.3, -0.25) is 14.7 Å². The zero-order valence-electron chi connectivity index (χ0n) is 14.0. The van der Waals surface area contributed by atoms with Crippen LogP contribution in [-0.2, 0) is 4.79 Å². The summed E-state index contributed by atoms with van der Waals surface area (Å²) in [5.74, 6) is -1.08. The number of hydrogen-bond donors (Lipinski definition) is 2. The summed E-state index contributed by atoms with van der Waals surface area (Å²) in [4.78, 5) is 16.2. The quantitative estimate of drug-likeness (QED) is 0.141. The van der Waals surface area contributed by atoms with Crippen LogP contribution in [0.1, 0.15) is 46.0 Å². The van der Waals surface area contributed by atoms with Crippen molar-refractivity contribution in [3.8, 4) is 0 Å². The zero-order valence-corrected chi connectivity index (χ0v) is 17.1. The van der Waals surface area contributed by atoms with Crippen molar-refractivity contribution in [3.63, 3.8) is 0 Å². The number of aliphatic hydroxyl groups is 1. The van der Waals surface area contributed by atoms with Crippen molar-refractivity contribution in [3.05, 3.63) is 12.2 Å². The molecule has 6 nitrogen and oxygen atoms in total. The number of aliphatic carboxylic acids is 1. The van der Waals surface area contributed by atoms with Crippen molar-refractivity contribution >= 4 is 11.9 Å². The van der Waals surface area contributed by atoms with Crippen LogP contribution in [0.25, 0.3) is 0 Å². The van der Waals surface area contributed by atoms with Gasteiger partial charge in [0.15, 0.2) is 0 Å². The van der Waals surface area contributed by atoms with E-state index >= 15 is 0 Å². The molecule has 0 amide bonds. The molecule has 0 aliphatic carbocycles. The van der Waals surface area contributed by atoms with Gasteiger partial charge >= 0.3 is 57.4 Å². The van der Waals surface area contributed by atoms with E-state index in [2.05, 4.69) is 24.1 Å². The van der Waals surface area contributed by atoms with Gasteiger partial charge in [-0.25, -0.2) is 0 Å². The summed E-state index contributed by atoms with van der Waals surface area (Å²) in [6.45, 7) is 4.40. The van der Waals surface area contributed by atoms with Crippen molar-refractivity contribution in [1.29, 1.82) is 0 Å². The summed E-state index contributed by atoms with van der Waals surface area (Å²) in [5.41, 5.74) is 0. The molecule has 1 unspecified atom stereocenters. The van der Waals surface area contributed by atoms with Crippen LogP contribution in [0.5, 0.6) is 0 Å². The summed E-state index contributed by atoms with van der Waals surface area (Å²) in [5, 5.41) is 29.6. The second kappa shape index (κ2) is 16.1. The topological polar surface area (TPSA) is 96.2 Å². The third-order valence-corrected chi connectivity index (χ3v) is 2.78. The van der Waals surface area contributed by atoms with Crippen molar-refractivity contribution in [1.82, 2.24) is 4.90 Å². The Morgan fingerprint density at radius 3 is 2.59 bits per heavy atom. The van der Waals surface area contributed by atoms with Crippen LogP contribution in [0.2, 0.25) is 0 Å². The number of rotatable bonds is 12. The van der Waals surface area contributed by atoms with Gasteiger partial charge in [0.25, 0.3) is 0 Å². The summed E-state index contributed by atoms with van der Waals surface area (Å²) in [6, 6.07) is 0. The van der Waals surface area contributed by atoms with Crippen molar-refractivity contribution < 1.29 is 71.5 Å². The average Bonchev–Trinajstić information content (AvgIpc) is 2.41. The molecule has 0 aliphatic rings. The number of carboxylic acid groups (broad SMARTS) is 1. The van der Waals surface area contributed by atoms with E-state index in [0.29, 0.717) is 13.0 Å². The van der Waals surface area contributed by atoms with E-state index in [1.807, 2.05) is 0 Å². The van der Waals surface area contributed by atoms with Gasteiger partial charge in [0, 0.05) is 13.1 Å². The number of aliphatic hydroxyl groups excluding tert-OH is 1. The molecule has 0 spiro atoms. The van der Waals surface area contributed by atoms with Gasteiger partial charge in [-0.1, -0.05) is 19.1 Å². The van der Waals surface area contributed by atoms with E-state index in [0.717, 1.165) is 19.3 Å². The molecule has 0 saturated carbocycles. The minimum atomic E-state index is -0.903. The molecular weight excluding hydrogens is 311 g/mol. The number of aliphatic imine (C=N–C) groups is 1. The first-order valence-electron chi connectivity index (χ1n) is 7.43. The molecule has 1 atom stereocenters. The fourth-order valence-corrected chi connectivity index (χ4v) is 1.76. The van der Waals surface area contributed by atoms with Crippen LogP contribution >= 0.6 is 0 Å². The Kier molecular flexibility index (Phi) is 17.9. The molecule has 0 heterocycles. The molecule has 0 aromatic carbocycles. The number of carboxylic acids is 1. The molecule has 0 aromatic heterocycles. The monoisotopic (exact) mass is 338 g/mol. The molecule has 0 rings (SSSR count). The number of hydrogen-bond acceptors (Lipinski definition) is 5. The Hall–Kier alpha value is 0.236. The van der Waals surface area contributed by atoms with Crippen LogP contribution < -0.4 is 56.5 Å². The molecule has 0 fully saturated rings. The molecule has 2 N–H and O–H groups in total. The second-order valence-electron chi connectivity index (χ2n) is 5.03. The normalized spacial score (nSPS) is 13.4. The van der Waals surface area contributed by atoms with E-state index < -0.39 is 12.1 Å². The van der Waals surface area contributed by atoms with Crippen molar-refractivity contribution in [2.45, 2.75) is 52.1 Å². The van der Waals surface area contributed by atoms with Crippen LogP contribution in [0.3, 0.4) is 0 Å². The number of carbonyl (C=O) groups is 1. The summed E-state index contributed by atoms with van der Waals surface area (Å²) >= 11 is 0. The first-order valence-corrected chi connectivity index (χ1v) is 7.43. The third kappa shape index (κ3) is 16.6. The Balaban J connectivity index is 0. The predicted octanol–water partition coefficient (Wildman–Crippen LogP) is -2.00. The van der Waals surface area contributed by atoms with Gasteiger partial charge in [0.2, 0.25) is 0 Å². The summed E-state index contributed by atoms with van der Waals surface area (Å²) in [7, 11) is 0. The first-order chi connectivity index (χ1) is 9.95. The number of unbranched alkanes of at least 4 members (excludes halogenated alkanes) is 1. The molecule has 0 bridgehead atoms. The fourth-order valence-electron chi connectivity index (χ4n) is 1.76. The number of nitrogens with zero attached hydrogens (tertiary/aromatic N) is 2. The molecule has 0 saturated heterocycles. The molecule has 22 heavy (non-hydrogen) atoms. The molecule has 122 valence electrons. The van der Waals surface area contributed by atoms with E-state index in [4.69, 9.17) is 5.11 Å². The maximum Gasteiger partial charge on any atom is 1.00 e. The van der Waals surface area contributed by atoms with Crippen LogP contribution in [-0.4, -0.2) is 52.8 Å². The van der Waals surface area contributed by atoms with E-state index in [1.165, 1.54) is 0 Å². The van der Waals surface area contributed by atoms with Gasteiger partial charge in [-0.05, 0) is 38.5 Å². The van der Waals surface area contributed by atoms with Crippen LogP contribution in [0.15, 0.2) is 17.1 Å². The minimum absolute atomic E-state index is 0. The first kappa shape index (κ1) is 24.5. The smallest absolute Gasteiger partial charge is 0.862 e. The Labute approximate surface area is 175 Å². The van der Waals surface area contributed by atoms with Gasteiger partial charge in [-0.2, -0.15) is 0 Å². The Morgan fingerprint density at radius 2 is 2.05 bits per heavy atom. The molecule has 0 aliphatic heterocycles. The maximum absolute atomic E-state index is 11.6. The zero-order chi connectivity index (χ0) is 16.1. The van der Waals surface area contributed by atoms with Crippen LogP contribution in [0.4, 0.5) is 0 Å². The van der Waals surface area contributed by atoms with Gasteiger partial charge in [0.05, 0.1) is 19.2 Å². The van der Waals surface area contributed by atoms with E-state index in [-0.39, 0.29) is 76.9 Å². The second-order valence-corrected chi connectivity index (χ2v) is 5.03. The average molecular weight is 338 g/mol. The van der Waals surface area contributed by atoms with E-state index in [9.17, 15) is 15.0 Å². The standard InChI is InChI=1S/C15H28N2O4.K/c1-3-4-5-6-7-8-14(19)16-12-17(11-13(2)18)10-9-15(20)21;/h4-5,13,18H,3,6-12H2,1-2H3,(H,16,19)(H,20,21);/q;+1/p-1/b5-4+;. The van der Waals surface area contributed by atoms with Crippen LogP contribution in [0, 0.1) is 0 Å².